The lowest BCUT2D eigenvalue weighted by atomic mass is 9.97. The summed E-state index contributed by atoms with van der Waals surface area (Å²) in [6.07, 6.45) is 6.91. The van der Waals surface area contributed by atoms with Crippen LogP contribution in [-0.2, 0) is 0 Å². The van der Waals surface area contributed by atoms with Crippen molar-refractivity contribution in [3.63, 3.8) is 0 Å². The van der Waals surface area contributed by atoms with Crippen molar-refractivity contribution in [2.24, 2.45) is 10.4 Å². The molecule has 2 rings (SSSR count). The minimum Gasteiger partial charge on any atom is -0.357 e. The summed E-state index contributed by atoms with van der Waals surface area (Å²) in [4.78, 5) is 7.44. The molecule has 0 aromatic rings. The number of guanidine groups is 1. The lowest BCUT2D eigenvalue weighted by Gasteiger charge is -2.24. The Morgan fingerprint density at radius 2 is 1.86 bits per heavy atom. The average Bonchev–Trinajstić information content (AvgIpc) is 3.05. The number of hydrogen-bond acceptors (Lipinski definition) is 2. The third-order valence-electron chi connectivity index (χ3n) is 4.46. The van der Waals surface area contributed by atoms with Crippen molar-refractivity contribution >= 4 is 29.9 Å². The first-order chi connectivity index (χ1) is 9.98. The fourth-order valence-electron chi connectivity index (χ4n) is 3.34. The molecule has 5 heteroatoms. The summed E-state index contributed by atoms with van der Waals surface area (Å²) in [6, 6.07) is 1.41. The number of halogens is 1. The van der Waals surface area contributed by atoms with E-state index in [4.69, 9.17) is 4.99 Å². The minimum absolute atomic E-state index is 0. The maximum absolute atomic E-state index is 4.75. The topological polar surface area (TPSA) is 39.7 Å². The van der Waals surface area contributed by atoms with E-state index in [0.717, 1.165) is 25.1 Å². The number of aliphatic imine (C=N–C) groups is 1. The van der Waals surface area contributed by atoms with E-state index in [2.05, 4.69) is 43.2 Å². The van der Waals surface area contributed by atoms with Gasteiger partial charge in [-0.2, -0.15) is 0 Å². The lowest BCUT2D eigenvalue weighted by Crippen LogP contribution is -2.45. The molecule has 22 heavy (non-hydrogen) atoms. The monoisotopic (exact) mass is 422 g/mol. The van der Waals surface area contributed by atoms with Crippen LogP contribution in [0.3, 0.4) is 0 Å². The van der Waals surface area contributed by atoms with Crippen LogP contribution >= 0.6 is 24.0 Å². The van der Waals surface area contributed by atoms with Gasteiger partial charge in [0.1, 0.15) is 0 Å². The van der Waals surface area contributed by atoms with Crippen LogP contribution in [0.4, 0.5) is 0 Å². The molecule has 4 nitrogen and oxygen atoms in total. The van der Waals surface area contributed by atoms with Gasteiger partial charge in [0.05, 0.1) is 0 Å². The van der Waals surface area contributed by atoms with E-state index in [0.29, 0.717) is 6.04 Å². The highest BCUT2D eigenvalue weighted by Crippen LogP contribution is 2.26. The predicted octanol–water partition coefficient (Wildman–Crippen LogP) is 3.22. The Balaban J connectivity index is 0.00000242. The highest BCUT2D eigenvalue weighted by Gasteiger charge is 2.30. The first kappa shape index (κ1) is 20.0. The Kier molecular flexibility index (Phi) is 8.46. The first-order valence-corrected chi connectivity index (χ1v) is 8.77. The van der Waals surface area contributed by atoms with Gasteiger partial charge in [0.15, 0.2) is 5.96 Å². The van der Waals surface area contributed by atoms with E-state index in [1.165, 1.54) is 45.2 Å². The van der Waals surface area contributed by atoms with Gasteiger partial charge in [-0.25, -0.2) is 0 Å². The number of hydrogen-bond donors (Lipinski definition) is 2. The van der Waals surface area contributed by atoms with E-state index in [1.807, 2.05) is 0 Å². The maximum Gasteiger partial charge on any atom is 0.191 e. The van der Waals surface area contributed by atoms with Crippen LogP contribution < -0.4 is 10.6 Å². The molecule has 2 aliphatic rings. The van der Waals surface area contributed by atoms with Crippen LogP contribution in [0.15, 0.2) is 4.99 Å². The Morgan fingerprint density at radius 1 is 1.18 bits per heavy atom. The van der Waals surface area contributed by atoms with Crippen molar-refractivity contribution in [2.75, 3.05) is 26.2 Å². The van der Waals surface area contributed by atoms with Gasteiger partial charge in [-0.15, -0.1) is 24.0 Å². The van der Waals surface area contributed by atoms with E-state index in [1.54, 1.807) is 0 Å². The fraction of sp³-hybridized carbons (Fsp3) is 0.941. The smallest absolute Gasteiger partial charge is 0.191 e. The van der Waals surface area contributed by atoms with Crippen LogP contribution in [-0.4, -0.2) is 49.1 Å². The normalized spacial score (nSPS) is 24.4. The lowest BCUT2D eigenvalue weighted by molar-refractivity contribution is 0.242. The molecular formula is C17H35IN4. The molecule has 1 aliphatic carbocycles. The van der Waals surface area contributed by atoms with Crippen molar-refractivity contribution < 1.29 is 0 Å². The molecule has 1 saturated heterocycles. The van der Waals surface area contributed by atoms with Crippen LogP contribution in [0, 0.1) is 5.41 Å². The SMILES string of the molecule is CCNC(=NCC(C)(C)C)NC1CCN(C2CCCC2)C1.I. The van der Waals surface area contributed by atoms with Gasteiger partial charge in [-0.1, -0.05) is 33.6 Å². The molecule has 0 bridgehead atoms. The maximum atomic E-state index is 4.75. The molecule has 130 valence electrons. The second-order valence-corrected chi connectivity index (χ2v) is 7.82. The van der Waals surface area contributed by atoms with Gasteiger partial charge in [-0.05, 0) is 31.6 Å². The number of nitrogens with zero attached hydrogens (tertiary/aromatic N) is 2. The van der Waals surface area contributed by atoms with Gasteiger partial charge in [0.25, 0.3) is 0 Å². The molecule has 1 unspecified atom stereocenters. The molecule has 0 aromatic carbocycles. The summed E-state index contributed by atoms with van der Waals surface area (Å²) in [6.45, 7) is 13.1. The summed E-state index contributed by atoms with van der Waals surface area (Å²) in [5.41, 5.74) is 0.244. The first-order valence-electron chi connectivity index (χ1n) is 8.77. The highest BCUT2D eigenvalue weighted by atomic mass is 127. The van der Waals surface area contributed by atoms with Crippen LogP contribution in [0.25, 0.3) is 0 Å². The third-order valence-corrected chi connectivity index (χ3v) is 4.46. The minimum atomic E-state index is 0. The zero-order valence-corrected chi connectivity index (χ0v) is 17.2. The van der Waals surface area contributed by atoms with Crippen molar-refractivity contribution in [1.29, 1.82) is 0 Å². The Hall–Kier alpha value is -0.0400. The van der Waals surface area contributed by atoms with E-state index in [-0.39, 0.29) is 29.4 Å². The van der Waals surface area contributed by atoms with E-state index in [9.17, 15) is 0 Å². The molecule has 1 aliphatic heterocycles. The Labute approximate surface area is 153 Å². The van der Waals surface area contributed by atoms with Gasteiger partial charge in [-0.3, -0.25) is 9.89 Å². The van der Waals surface area contributed by atoms with Gasteiger partial charge in [0.2, 0.25) is 0 Å². The number of nitrogens with one attached hydrogen (secondary N) is 2. The average molecular weight is 422 g/mol. The van der Waals surface area contributed by atoms with Gasteiger partial charge >= 0.3 is 0 Å². The fourth-order valence-corrected chi connectivity index (χ4v) is 3.34. The summed E-state index contributed by atoms with van der Waals surface area (Å²) < 4.78 is 0. The second kappa shape index (κ2) is 9.30. The van der Waals surface area contributed by atoms with Crippen LogP contribution in [0.5, 0.6) is 0 Å². The largest absolute Gasteiger partial charge is 0.357 e. The zero-order valence-electron chi connectivity index (χ0n) is 14.8. The Bertz CT molecular complexity index is 345. The molecule has 0 spiro atoms. The van der Waals surface area contributed by atoms with Crippen LogP contribution in [0.2, 0.25) is 0 Å². The summed E-state index contributed by atoms with van der Waals surface area (Å²) in [5.74, 6) is 0.991. The standard InChI is InChI=1S/C17H34N4.HI/c1-5-18-16(19-13-17(2,3)4)20-14-10-11-21(12-14)15-8-6-7-9-15;/h14-15H,5-13H2,1-4H3,(H2,18,19,20);1H. The molecule has 1 saturated carbocycles. The second-order valence-electron chi connectivity index (χ2n) is 7.82. The van der Waals surface area contributed by atoms with Crippen molar-refractivity contribution in [1.82, 2.24) is 15.5 Å². The molecule has 0 amide bonds. The zero-order chi connectivity index (χ0) is 15.3. The molecule has 2 N–H and O–H groups in total. The summed E-state index contributed by atoms with van der Waals surface area (Å²) in [5, 5.41) is 7.03. The molecule has 1 heterocycles. The molecular weight excluding hydrogens is 387 g/mol. The third kappa shape index (κ3) is 6.60. The van der Waals surface area contributed by atoms with Crippen molar-refractivity contribution in [2.45, 2.75) is 71.9 Å². The van der Waals surface area contributed by atoms with Crippen LogP contribution in [0.1, 0.15) is 59.8 Å². The van der Waals surface area contributed by atoms with E-state index < -0.39 is 0 Å². The summed E-state index contributed by atoms with van der Waals surface area (Å²) in [7, 11) is 0. The Morgan fingerprint density at radius 3 is 2.45 bits per heavy atom. The van der Waals surface area contributed by atoms with Crippen molar-refractivity contribution in [3.05, 3.63) is 0 Å². The molecule has 2 fully saturated rings. The van der Waals surface area contributed by atoms with E-state index >= 15 is 0 Å². The molecule has 0 aromatic heterocycles. The number of likely N-dealkylation sites (tertiary alicyclic amines) is 1. The number of rotatable bonds is 4. The quantitative estimate of drug-likeness (QED) is 0.415. The van der Waals surface area contributed by atoms with Gasteiger partial charge < -0.3 is 10.6 Å². The predicted molar refractivity (Wildman–Crippen MR) is 106 cm³/mol. The molecule has 0 radical (unpaired) electrons. The molecule has 1 atom stereocenters. The van der Waals surface area contributed by atoms with Gasteiger partial charge in [0, 0.05) is 38.3 Å². The highest BCUT2D eigenvalue weighted by molar-refractivity contribution is 14.0. The van der Waals surface area contributed by atoms with Crippen molar-refractivity contribution in [3.8, 4) is 0 Å². The summed E-state index contributed by atoms with van der Waals surface area (Å²) >= 11 is 0.